The summed E-state index contributed by atoms with van der Waals surface area (Å²) in [6.07, 6.45) is 2.01. The van der Waals surface area contributed by atoms with E-state index < -0.39 is 0 Å². The van der Waals surface area contributed by atoms with Crippen molar-refractivity contribution in [2.45, 2.75) is 0 Å². The van der Waals surface area contributed by atoms with E-state index in [-0.39, 0.29) is 5.75 Å². The van der Waals surface area contributed by atoms with Gasteiger partial charge < -0.3 is 5.11 Å². The lowest BCUT2D eigenvalue weighted by atomic mass is 9.81. The van der Waals surface area contributed by atoms with Crippen molar-refractivity contribution in [1.29, 1.82) is 0 Å². The molecule has 8 rings (SSSR count). The first kappa shape index (κ1) is 21.0. The zero-order chi connectivity index (χ0) is 25.2. The van der Waals surface area contributed by atoms with E-state index in [0.717, 1.165) is 38.8 Å². The Morgan fingerprint density at radius 3 is 1.58 bits per heavy atom. The van der Waals surface area contributed by atoms with E-state index in [1.807, 2.05) is 24.4 Å². The third-order valence-corrected chi connectivity index (χ3v) is 7.72. The zero-order valence-corrected chi connectivity index (χ0v) is 20.5. The van der Waals surface area contributed by atoms with Crippen LogP contribution in [0, 0.1) is 0 Å². The van der Waals surface area contributed by atoms with Gasteiger partial charge in [-0.3, -0.25) is 4.57 Å². The van der Waals surface area contributed by atoms with Crippen molar-refractivity contribution in [2.75, 3.05) is 0 Å². The molecule has 0 unspecified atom stereocenters. The number of aromatic nitrogens is 2. The first-order chi connectivity index (χ1) is 18.8. The lowest BCUT2D eigenvalue weighted by Crippen LogP contribution is -2.02. The quantitative estimate of drug-likeness (QED) is 0.252. The smallest absolute Gasteiger partial charge is 0.138 e. The van der Waals surface area contributed by atoms with Crippen LogP contribution in [0.15, 0.2) is 128 Å². The summed E-state index contributed by atoms with van der Waals surface area (Å²) in [5.41, 5.74) is 11.4. The number of aromatic hydroxyl groups is 1. The van der Waals surface area contributed by atoms with Gasteiger partial charge in [0.2, 0.25) is 0 Å². The molecule has 7 aromatic rings. The van der Waals surface area contributed by atoms with Crippen molar-refractivity contribution in [2.24, 2.45) is 0 Å². The van der Waals surface area contributed by atoms with Crippen molar-refractivity contribution < 1.29 is 5.11 Å². The van der Waals surface area contributed by atoms with E-state index in [4.69, 9.17) is 4.98 Å². The molecule has 0 saturated heterocycles. The van der Waals surface area contributed by atoms with Crippen molar-refractivity contribution in [3.63, 3.8) is 0 Å². The molecule has 0 atom stereocenters. The number of para-hydroxylation sites is 1. The van der Waals surface area contributed by atoms with Crippen LogP contribution in [0.4, 0.5) is 0 Å². The second kappa shape index (κ2) is 7.92. The van der Waals surface area contributed by atoms with Gasteiger partial charge in [-0.05, 0) is 63.2 Å². The van der Waals surface area contributed by atoms with E-state index in [0.29, 0.717) is 0 Å². The molecule has 1 aliphatic rings. The molecule has 1 aliphatic carbocycles. The van der Waals surface area contributed by atoms with Gasteiger partial charge in [0.05, 0.1) is 11.0 Å². The molecule has 0 saturated carbocycles. The number of hydrogen-bond donors (Lipinski definition) is 1. The summed E-state index contributed by atoms with van der Waals surface area (Å²) in [6.45, 7) is 0. The van der Waals surface area contributed by atoms with Gasteiger partial charge in [0.1, 0.15) is 11.6 Å². The highest BCUT2D eigenvalue weighted by atomic mass is 16.3. The van der Waals surface area contributed by atoms with Gasteiger partial charge in [-0.15, -0.1) is 0 Å². The summed E-state index contributed by atoms with van der Waals surface area (Å²) in [4.78, 5) is 5.05. The number of phenolic OH excluding ortho intramolecular Hbond substituents is 1. The fourth-order valence-electron chi connectivity index (χ4n) is 6.07. The second-order valence-corrected chi connectivity index (χ2v) is 9.78. The van der Waals surface area contributed by atoms with Gasteiger partial charge in [0.25, 0.3) is 0 Å². The Labute approximate surface area is 219 Å². The van der Waals surface area contributed by atoms with Crippen LogP contribution in [0.3, 0.4) is 0 Å². The third kappa shape index (κ3) is 2.93. The van der Waals surface area contributed by atoms with E-state index in [1.54, 1.807) is 6.07 Å². The zero-order valence-electron chi connectivity index (χ0n) is 20.5. The summed E-state index contributed by atoms with van der Waals surface area (Å²) in [7, 11) is 0. The van der Waals surface area contributed by atoms with E-state index >= 15 is 0 Å². The first-order valence-electron chi connectivity index (χ1n) is 12.8. The van der Waals surface area contributed by atoms with Crippen LogP contribution >= 0.6 is 0 Å². The standard InChI is InChI=1S/C35H22N2O/c38-22-17-18-30-29-15-7-8-16-33(29)37(34(30)19-22)35-20-31-27-13-5-3-11-25(27)23-9-1-2-10-24(23)26-12-4-6-14-28(26)32(31)21-36-35/h1-21,38H. The molecule has 0 spiro atoms. The van der Waals surface area contributed by atoms with Crippen LogP contribution in [0.25, 0.3) is 72.1 Å². The van der Waals surface area contributed by atoms with E-state index in [9.17, 15) is 5.11 Å². The molecule has 5 aromatic carbocycles. The van der Waals surface area contributed by atoms with Crippen LogP contribution in [0.1, 0.15) is 0 Å². The minimum atomic E-state index is 0.240. The van der Waals surface area contributed by atoms with Crippen LogP contribution in [0.5, 0.6) is 5.75 Å². The molecule has 2 aromatic heterocycles. The van der Waals surface area contributed by atoms with E-state index in [2.05, 4.69) is 102 Å². The Balaban J connectivity index is 1.49. The number of pyridine rings is 1. The molecule has 0 aliphatic heterocycles. The number of benzene rings is 5. The Morgan fingerprint density at radius 1 is 0.447 bits per heavy atom. The maximum atomic E-state index is 10.4. The number of hydrogen-bond acceptors (Lipinski definition) is 2. The summed E-state index contributed by atoms with van der Waals surface area (Å²) in [5.74, 6) is 1.06. The summed E-state index contributed by atoms with van der Waals surface area (Å²) in [6, 6.07) is 42.0. The Bertz CT molecular complexity index is 2040. The fraction of sp³-hybridized carbons (Fsp3) is 0. The van der Waals surface area contributed by atoms with Crippen molar-refractivity contribution in [3.8, 4) is 56.1 Å². The Hall–Kier alpha value is -5.15. The van der Waals surface area contributed by atoms with Crippen LogP contribution in [-0.4, -0.2) is 14.7 Å². The van der Waals surface area contributed by atoms with Gasteiger partial charge in [0.15, 0.2) is 0 Å². The lowest BCUT2D eigenvalue weighted by Gasteiger charge is -2.23. The van der Waals surface area contributed by atoms with Crippen LogP contribution in [0.2, 0.25) is 0 Å². The molecular formula is C35H22N2O. The number of fused-ring (bicyclic) bond motifs is 11. The Morgan fingerprint density at radius 2 is 0.947 bits per heavy atom. The summed E-state index contributed by atoms with van der Waals surface area (Å²) < 4.78 is 2.16. The molecule has 0 fully saturated rings. The average molecular weight is 487 g/mol. The maximum absolute atomic E-state index is 10.4. The molecule has 2 heterocycles. The molecule has 0 radical (unpaired) electrons. The lowest BCUT2D eigenvalue weighted by molar-refractivity contribution is 0.476. The molecule has 0 amide bonds. The molecule has 1 N–H and O–H groups in total. The fourth-order valence-corrected chi connectivity index (χ4v) is 6.07. The second-order valence-electron chi connectivity index (χ2n) is 9.78. The normalized spacial score (nSPS) is 11.8. The highest BCUT2D eigenvalue weighted by Gasteiger charge is 2.23. The van der Waals surface area contributed by atoms with Crippen molar-refractivity contribution >= 4 is 21.8 Å². The first-order valence-corrected chi connectivity index (χ1v) is 12.8. The molecule has 38 heavy (non-hydrogen) atoms. The molecular weight excluding hydrogens is 464 g/mol. The van der Waals surface area contributed by atoms with Crippen LogP contribution < -0.4 is 0 Å². The van der Waals surface area contributed by atoms with Gasteiger partial charge in [-0.25, -0.2) is 4.98 Å². The van der Waals surface area contributed by atoms with E-state index in [1.165, 1.54) is 33.4 Å². The third-order valence-electron chi connectivity index (χ3n) is 7.72. The topological polar surface area (TPSA) is 38.0 Å². The van der Waals surface area contributed by atoms with Gasteiger partial charge in [0, 0.05) is 28.6 Å². The van der Waals surface area contributed by atoms with Gasteiger partial charge in [-0.1, -0.05) is 91.0 Å². The van der Waals surface area contributed by atoms with Gasteiger partial charge in [-0.2, -0.15) is 0 Å². The summed E-state index contributed by atoms with van der Waals surface area (Å²) >= 11 is 0. The number of nitrogens with zero attached hydrogens (tertiary/aromatic N) is 2. The highest BCUT2D eigenvalue weighted by Crippen LogP contribution is 2.47. The SMILES string of the molecule is Oc1ccc2c3ccccc3n(-c3cc4c(cn3)-c3ccccc3-c3ccccc3-c3ccccc3-4)c2c1. The largest absolute Gasteiger partial charge is 0.508 e. The highest BCUT2D eigenvalue weighted by molar-refractivity contribution is 6.10. The minimum absolute atomic E-state index is 0.240. The number of rotatable bonds is 1. The average Bonchev–Trinajstić information content (AvgIpc) is 3.29. The van der Waals surface area contributed by atoms with Gasteiger partial charge >= 0.3 is 0 Å². The minimum Gasteiger partial charge on any atom is -0.508 e. The predicted octanol–water partition coefficient (Wildman–Crippen LogP) is 8.87. The Kier molecular flexibility index (Phi) is 4.38. The molecule has 3 heteroatoms. The molecule has 178 valence electrons. The van der Waals surface area contributed by atoms with Crippen LogP contribution in [-0.2, 0) is 0 Å². The maximum Gasteiger partial charge on any atom is 0.138 e. The van der Waals surface area contributed by atoms with Crippen molar-refractivity contribution in [1.82, 2.24) is 9.55 Å². The molecule has 3 nitrogen and oxygen atoms in total. The monoisotopic (exact) mass is 486 g/mol. The number of phenols is 1. The molecule has 0 bridgehead atoms. The van der Waals surface area contributed by atoms with Crippen molar-refractivity contribution in [3.05, 3.63) is 128 Å². The predicted molar refractivity (Wildman–Crippen MR) is 156 cm³/mol. The summed E-state index contributed by atoms with van der Waals surface area (Å²) in [5, 5.41) is 12.6.